The predicted octanol–water partition coefficient (Wildman–Crippen LogP) is 4.66. The molecule has 2 aromatic carbocycles. The number of benzene rings is 2. The summed E-state index contributed by atoms with van der Waals surface area (Å²) in [6.07, 6.45) is 0. The minimum Gasteiger partial charge on any atom is -0.353 e. The van der Waals surface area contributed by atoms with Crippen LogP contribution in [0.5, 0.6) is 0 Å². The van der Waals surface area contributed by atoms with E-state index in [-0.39, 0.29) is 11.4 Å². The Morgan fingerprint density at radius 3 is 2.59 bits per heavy atom. The number of aromatic nitrogens is 1. The molecule has 0 aliphatic carbocycles. The van der Waals surface area contributed by atoms with Gasteiger partial charge in [-0.1, -0.05) is 30.3 Å². The van der Waals surface area contributed by atoms with E-state index in [1.807, 2.05) is 30.3 Å². The average Bonchev–Trinajstić information content (AvgIpc) is 3.05. The summed E-state index contributed by atoms with van der Waals surface area (Å²) >= 11 is 2.07. The number of anilines is 3. The third-order valence-corrected chi connectivity index (χ3v) is 5.53. The number of fused-ring (bicyclic) bond motifs is 1. The van der Waals surface area contributed by atoms with Crippen molar-refractivity contribution in [2.45, 2.75) is 20.0 Å². The lowest BCUT2D eigenvalue weighted by molar-refractivity contribution is 0.631. The molecule has 0 bridgehead atoms. The Morgan fingerprint density at radius 2 is 1.85 bits per heavy atom. The Morgan fingerprint density at radius 1 is 1.07 bits per heavy atom. The summed E-state index contributed by atoms with van der Waals surface area (Å²) in [6, 6.07) is 17.1. The fourth-order valence-electron chi connectivity index (χ4n) is 3.38. The standard InChI is InChI=1S/C21H19FIN3O/c1-14-19(24-18-8-7-16(23)11-17(18)22)12-20-25(9-10-26(20)21(14)27)13-15-5-3-2-4-6-15/h2-8,11-12,24H,9-10,13H2,1H3. The number of hydrogen-bond donors (Lipinski definition) is 1. The Hall–Kier alpha value is -2.35. The minimum atomic E-state index is -0.331. The Balaban J connectivity index is 1.69. The van der Waals surface area contributed by atoms with Crippen LogP contribution in [-0.2, 0) is 13.1 Å². The molecule has 2 heterocycles. The third-order valence-electron chi connectivity index (χ3n) is 4.85. The Kier molecular flexibility index (Phi) is 4.90. The molecule has 0 radical (unpaired) electrons. The van der Waals surface area contributed by atoms with Crippen molar-refractivity contribution in [3.05, 3.63) is 85.5 Å². The maximum absolute atomic E-state index is 14.2. The van der Waals surface area contributed by atoms with Gasteiger partial charge in [0.25, 0.3) is 5.56 Å². The summed E-state index contributed by atoms with van der Waals surface area (Å²) in [5.41, 5.74) is 2.77. The van der Waals surface area contributed by atoms with Gasteiger partial charge in [-0.2, -0.15) is 0 Å². The van der Waals surface area contributed by atoms with Crippen LogP contribution in [0.15, 0.2) is 59.4 Å². The van der Waals surface area contributed by atoms with Crippen LogP contribution in [0.4, 0.5) is 21.6 Å². The lowest BCUT2D eigenvalue weighted by atomic mass is 10.2. The molecule has 3 aromatic rings. The van der Waals surface area contributed by atoms with E-state index in [1.165, 1.54) is 11.6 Å². The lowest BCUT2D eigenvalue weighted by Gasteiger charge is -2.20. The summed E-state index contributed by atoms with van der Waals surface area (Å²) in [6.45, 7) is 3.97. The van der Waals surface area contributed by atoms with Crippen LogP contribution >= 0.6 is 22.6 Å². The molecule has 0 amide bonds. The van der Waals surface area contributed by atoms with Gasteiger partial charge in [-0.3, -0.25) is 9.36 Å². The van der Waals surface area contributed by atoms with E-state index in [0.717, 1.165) is 22.5 Å². The number of hydrogen-bond acceptors (Lipinski definition) is 3. The van der Waals surface area contributed by atoms with Crippen molar-refractivity contribution >= 4 is 39.8 Å². The van der Waals surface area contributed by atoms with Crippen molar-refractivity contribution in [3.63, 3.8) is 0 Å². The minimum absolute atomic E-state index is 0.0310. The number of halogens is 2. The first-order valence-corrected chi connectivity index (χ1v) is 9.86. The van der Waals surface area contributed by atoms with Gasteiger partial charge in [0.1, 0.15) is 11.6 Å². The van der Waals surface area contributed by atoms with Gasteiger partial charge in [-0.15, -0.1) is 0 Å². The number of nitrogens with one attached hydrogen (secondary N) is 1. The smallest absolute Gasteiger partial charge is 0.257 e. The van der Waals surface area contributed by atoms with Gasteiger partial charge in [-0.25, -0.2) is 4.39 Å². The van der Waals surface area contributed by atoms with Gasteiger partial charge in [-0.05, 0) is 53.3 Å². The highest BCUT2D eigenvalue weighted by Gasteiger charge is 2.23. The van der Waals surface area contributed by atoms with Gasteiger partial charge in [0.15, 0.2) is 0 Å². The van der Waals surface area contributed by atoms with Crippen molar-refractivity contribution < 1.29 is 4.39 Å². The summed E-state index contributed by atoms with van der Waals surface area (Å²) in [7, 11) is 0. The highest BCUT2D eigenvalue weighted by molar-refractivity contribution is 14.1. The van der Waals surface area contributed by atoms with E-state index in [2.05, 4.69) is 44.9 Å². The van der Waals surface area contributed by atoms with E-state index in [1.54, 1.807) is 17.6 Å². The van der Waals surface area contributed by atoms with Gasteiger partial charge in [0.05, 0.1) is 11.4 Å². The third kappa shape index (κ3) is 3.58. The van der Waals surface area contributed by atoms with Crippen LogP contribution in [0.25, 0.3) is 0 Å². The molecule has 0 spiro atoms. The molecule has 0 saturated carbocycles. The van der Waals surface area contributed by atoms with E-state index in [4.69, 9.17) is 0 Å². The van der Waals surface area contributed by atoms with E-state index in [0.29, 0.717) is 23.5 Å². The zero-order valence-corrected chi connectivity index (χ0v) is 17.0. The second-order valence-electron chi connectivity index (χ2n) is 6.65. The molecule has 1 aliphatic heterocycles. The molecule has 6 heteroatoms. The highest BCUT2D eigenvalue weighted by atomic mass is 127. The quantitative estimate of drug-likeness (QED) is 0.558. The summed E-state index contributed by atoms with van der Waals surface area (Å²) < 4.78 is 16.9. The van der Waals surface area contributed by atoms with Crippen LogP contribution in [0.2, 0.25) is 0 Å². The van der Waals surface area contributed by atoms with Gasteiger partial charge in [0, 0.05) is 34.8 Å². The van der Waals surface area contributed by atoms with E-state index >= 15 is 0 Å². The van der Waals surface area contributed by atoms with E-state index in [9.17, 15) is 9.18 Å². The molecule has 0 atom stereocenters. The second-order valence-corrected chi connectivity index (χ2v) is 7.90. The predicted molar refractivity (Wildman–Crippen MR) is 115 cm³/mol. The monoisotopic (exact) mass is 475 g/mol. The van der Waals surface area contributed by atoms with Crippen LogP contribution in [0, 0.1) is 16.3 Å². The topological polar surface area (TPSA) is 37.3 Å². The molecule has 4 nitrogen and oxygen atoms in total. The van der Waals surface area contributed by atoms with E-state index < -0.39 is 0 Å². The van der Waals surface area contributed by atoms with Gasteiger partial charge < -0.3 is 10.2 Å². The maximum Gasteiger partial charge on any atom is 0.257 e. The van der Waals surface area contributed by atoms with Crippen LogP contribution in [0.3, 0.4) is 0 Å². The highest BCUT2D eigenvalue weighted by Crippen LogP contribution is 2.29. The van der Waals surface area contributed by atoms with Crippen molar-refractivity contribution in [3.8, 4) is 0 Å². The molecule has 27 heavy (non-hydrogen) atoms. The molecule has 1 aliphatic rings. The van der Waals surface area contributed by atoms with Crippen LogP contribution in [0.1, 0.15) is 11.1 Å². The number of nitrogens with zero attached hydrogens (tertiary/aromatic N) is 2. The first-order chi connectivity index (χ1) is 13.0. The zero-order valence-electron chi connectivity index (χ0n) is 14.9. The van der Waals surface area contributed by atoms with Crippen LogP contribution < -0.4 is 15.8 Å². The summed E-state index contributed by atoms with van der Waals surface area (Å²) in [5, 5.41) is 3.10. The molecule has 0 fully saturated rings. The second kappa shape index (κ2) is 7.34. The SMILES string of the molecule is Cc1c(Nc2ccc(I)cc2F)cc2n(c1=O)CCN2Cc1ccccc1. The zero-order chi connectivity index (χ0) is 19.0. The largest absolute Gasteiger partial charge is 0.353 e. The molecular weight excluding hydrogens is 456 g/mol. The first-order valence-electron chi connectivity index (χ1n) is 8.78. The first kappa shape index (κ1) is 18.0. The molecule has 0 saturated heterocycles. The molecule has 4 rings (SSSR count). The lowest BCUT2D eigenvalue weighted by Crippen LogP contribution is -2.23. The van der Waals surface area contributed by atoms with Gasteiger partial charge >= 0.3 is 0 Å². The maximum atomic E-state index is 14.2. The van der Waals surface area contributed by atoms with Crippen molar-refractivity contribution in [1.82, 2.24) is 4.57 Å². The molecule has 138 valence electrons. The fourth-order valence-corrected chi connectivity index (χ4v) is 3.83. The number of rotatable bonds is 4. The van der Waals surface area contributed by atoms with Crippen molar-refractivity contribution in [2.75, 3.05) is 16.8 Å². The fraction of sp³-hybridized carbons (Fsp3) is 0.190. The number of pyridine rings is 1. The molecule has 1 N–H and O–H groups in total. The molecule has 0 unspecified atom stereocenters. The Bertz CT molecular complexity index is 1050. The van der Waals surface area contributed by atoms with Crippen molar-refractivity contribution in [2.24, 2.45) is 0 Å². The molecular formula is C21H19FIN3O. The average molecular weight is 475 g/mol. The Labute approximate surface area is 170 Å². The summed E-state index contributed by atoms with van der Waals surface area (Å²) in [5.74, 6) is 0.533. The van der Waals surface area contributed by atoms with Gasteiger partial charge in [0.2, 0.25) is 0 Å². The molecule has 1 aromatic heterocycles. The normalized spacial score (nSPS) is 12.9. The van der Waals surface area contributed by atoms with Crippen LogP contribution in [-0.4, -0.2) is 11.1 Å². The summed E-state index contributed by atoms with van der Waals surface area (Å²) in [4.78, 5) is 15.0. The van der Waals surface area contributed by atoms with Crippen molar-refractivity contribution in [1.29, 1.82) is 0 Å².